The quantitative estimate of drug-likeness (QED) is 0.792. The molecule has 0 aliphatic heterocycles. The molecule has 4 nitrogen and oxygen atoms in total. The second-order valence-electron chi connectivity index (χ2n) is 4.60. The molecule has 0 saturated heterocycles. The van der Waals surface area contributed by atoms with Crippen molar-refractivity contribution in [2.45, 2.75) is 31.5 Å². The van der Waals surface area contributed by atoms with Crippen molar-refractivity contribution >= 4 is 29.3 Å². The Kier molecular flexibility index (Phi) is 5.70. The largest absolute Gasteiger partial charge is 0.481 e. The smallest absolute Gasteiger partial charge is 0.313 e. The molecular formula is C15H17ClN2O2S. The Hall–Kier alpha value is -1.46. The number of halogens is 1. The highest BCUT2D eigenvalue weighted by atomic mass is 35.5. The fraction of sp³-hybridized carbons (Fsp3) is 0.333. The number of rotatable bonds is 7. The van der Waals surface area contributed by atoms with Gasteiger partial charge in [0, 0.05) is 23.5 Å². The van der Waals surface area contributed by atoms with Crippen LogP contribution < -0.4 is 0 Å². The molecule has 0 spiro atoms. The molecule has 21 heavy (non-hydrogen) atoms. The zero-order valence-corrected chi connectivity index (χ0v) is 13.3. The number of imidazole rings is 1. The van der Waals surface area contributed by atoms with Gasteiger partial charge in [-0.2, -0.15) is 0 Å². The van der Waals surface area contributed by atoms with Crippen molar-refractivity contribution in [2.75, 3.05) is 5.75 Å². The van der Waals surface area contributed by atoms with Crippen LogP contribution in [-0.4, -0.2) is 26.4 Å². The average Bonchev–Trinajstić information content (AvgIpc) is 2.86. The van der Waals surface area contributed by atoms with Crippen LogP contribution >= 0.6 is 23.4 Å². The van der Waals surface area contributed by atoms with E-state index in [9.17, 15) is 4.79 Å². The molecule has 0 unspecified atom stereocenters. The fourth-order valence-electron chi connectivity index (χ4n) is 2.05. The number of carboxylic acid groups (broad SMARTS) is 1. The molecule has 1 aromatic carbocycles. The van der Waals surface area contributed by atoms with Crippen LogP contribution in [0.5, 0.6) is 0 Å². The van der Waals surface area contributed by atoms with E-state index in [1.807, 2.05) is 30.5 Å². The van der Waals surface area contributed by atoms with Gasteiger partial charge in [-0.25, -0.2) is 4.98 Å². The maximum absolute atomic E-state index is 10.7. The lowest BCUT2D eigenvalue weighted by molar-refractivity contribution is -0.133. The summed E-state index contributed by atoms with van der Waals surface area (Å²) in [5.41, 5.74) is 2.32. The number of benzene rings is 1. The van der Waals surface area contributed by atoms with Crippen LogP contribution in [0, 0.1) is 0 Å². The minimum Gasteiger partial charge on any atom is -0.481 e. The zero-order valence-electron chi connectivity index (χ0n) is 11.8. The second-order valence-corrected chi connectivity index (χ2v) is 5.98. The first kappa shape index (κ1) is 15.9. The van der Waals surface area contributed by atoms with Crippen LogP contribution in [0.25, 0.3) is 0 Å². The molecule has 0 bridgehead atoms. The number of hydrogen-bond acceptors (Lipinski definition) is 3. The third-order valence-corrected chi connectivity index (χ3v) is 4.35. The first-order chi connectivity index (χ1) is 10.1. The lowest BCUT2D eigenvalue weighted by Crippen LogP contribution is -2.08. The Balaban J connectivity index is 2.08. The predicted molar refractivity (Wildman–Crippen MR) is 85.1 cm³/mol. The molecule has 2 aromatic rings. The molecule has 1 aromatic heterocycles. The Morgan fingerprint density at radius 2 is 2.10 bits per heavy atom. The molecule has 0 aliphatic carbocycles. The number of aromatic nitrogens is 2. The van der Waals surface area contributed by atoms with E-state index >= 15 is 0 Å². The number of thioether (sulfide) groups is 1. The van der Waals surface area contributed by atoms with Crippen molar-refractivity contribution in [1.29, 1.82) is 0 Å². The Morgan fingerprint density at radius 1 is 1.38 bits per heavy atom. The number of hydrogen-bond donors (Lipinski definition) is 1. The Bertz CT molecular complexity index is 611. The molecule has 6 heteroatoms. The van der Waals surface area contributed by atoms with Crippen molar-refractivity contribution in [1.82, 2.24) is 9.55 Å². The summed E-state index contributed by atoms with van der Waals surface area (Å²) in [4.78, 5) is 15.0. The summed E-state index contributed by atoms with van der Waals surface area (Å²) in [5.74, 6) is -0.800. The topological polar surface area (TPSA) is 55.1 Å². The van der Waals surface area contributed by atoms with Gasteiger partial charge in [0.05, 0.1) is 5.75 Å². The lowest BCUT2D eigenvalue weighted by Gasteiger charge is -2.10. The van der Waals surface area contributed by atoms with E-state index in [1.165, 1.54) is 17.3 Å². The van der Waals surface area contributed by atoms with Gasteiger partial charge in [0.25, 0.3) is 0 Å². The van der Waals surface area contributed by atoms with Crippen LogP contribution in [0.3, 0.4) is 0 Å². The average molecular weight is 325 g/mol. The van der Waals surface area contributed by atoms with E-state index in [0.717, 1.165) is 35.3 Å². The molecule has 0 saturated carbocycles. The third kappa shape index (κ3) is 4.51. The minimum absolute atomic E-state index is 0.0289. The van der Waals surface area contributed by atoms with Gasteiger partial charge in [0.2, 0.25) is 0 Å². The number of aryl methyl sites for hydroxylation is 2. The summed E-state index contributed by atoms with van der Waals surface area (Å²) < 4.78 is 2.10. The summed E-state index contributed by atoms with van der Waals surface area (Å²) in [7, 11) is 0. The Labute approximate surface area is 133 Å². The van der Waals surface area contributed by atoms with E-state index < -0.39 is 5.97 Å². The molecule has 0 radical (unpaired) electrons. The molecule has 0 aliphatic rings. The SMILES string of the molecule is CCc1cnc(SCC(=O)O)n1CCc1ccc(Cl)cc1. The normalized spacial score (nSPS) is 10.8. The summed E-state index contributed by atoms with van der Waals surface area (Å²) >= 11 is 7.14. The maximum atomic E-state index is 10.7. The van der Waals surface area contributed by atoms with Crippen molar-refractivity contribution in [3.8, 4) is 0 Å². The van der Waals surface area contributed by atoms with E-state index in [1.54, 1.807) is 0 Å². The second kappa shape index (κ2) is 7.52. The molecule has 0 atom stereocenters. The van der Waals surface area contributed by atoms with Crippen molar-refractivity contribution in [2.24, 2.45) is 0 Å². The van der Waals surface area contributed by atoms with Gasteiger partial charge in [0.15, 0.2) is 5.16 Å². The number of nitrogens with zero attached hydrogens (tertiary/aromatic N) is 2. The van der Waals surface area contributed by atoms with Crippen LogP contribution in [0.4, 0.5) is 0 Å². The fourth-order valence-corrected chi connectivity index (χ4v) is 2.92. The van der Waals surface area contributed by atoms with Crippen LogP contribution in [0.1, 0.15) is 18.2 Å². The van der Waals surface area contributed by atoms with Crippen molar-refractivity contribution < 1.29 is 9.90 Å². The predicted octanol–water partition coefficient (Wildman–Crippen LogP) is 3.52. The summed E-state index contributed by atoms with van der Waals surface area (Å²) in [5, 5.41) is 10.3. The van der Waals surface area contributed by atoms with Crippen LogP contribution in [0.2, 0.25) is 5.02 Å². The summed E-state index contributed by atoms with van der Waals surface area (Å²) in [6.07, 6.45) is 3.56. The summed E-state index contributed by atoms with van der Waals surface area (Å²) in [6, 6.07) is 7.78. The first-order valence-corrected chi connectivity index (χ1v) is 8.10. The molecule has 1 N–H and O–H groups in total. The van der Waals surface area contributed by atoms with E-state index in [-0.39, 0.29) is 5.75 Å². The lowest BCUT2D eigenvalue weighted by atomic mass is 10.1. The molecule has 1 heterocycles. The highest BCUT2D eigenvalue weighted by Gasteiger charge is 2.11. The number of carboxylic acids is 1. The standard InChI is InChI=1S/C15H17ClN2O2S/c1-2-13-9-17-15(21-10-14(19)20)18(13)8-7-11-3-5-12(16)6-4-11/h3-6,9H,2,7-8,10H2,1H3,(H,19,20). The number of aliphatic carboxylic acids is 1. The highest BCUT2D eigenvalue weighted by Crippen LogP contribution is 2.20. The van der Waals surface area contributed by atoms with E-state index in [2.05, 4.69) is 16.5 Å². The molecule has 2 rings (SSSR count). The van der Waals surface area contributed by atoms with E-state index in [0.29, 0.717) is 0 Å². The molecule has 0 fully saturated rings. The van der Waals surface area contributed by atoms with Crippen molar-refractivity contribution in [3.63, 3.8) is 0 Å². The highest BCUT2D eigenvalue weighted by molar-refractivity contribution is 7.99. The van der Waals surface area contributed by atoms with Gasteiger partial charge >= 0.3 is 5.97 Å². The Morgan fingerprint density at radius 3 is 2.71 bits per heavy atom. The first-order valence-electron chi connectivity index (χ1n) is 6.73. The van der Waals surface area contributed by atoms with Gasteiger partial charge in [-0.3, -0.25) is 4.79 Å². The molecule has 0 amide bonds. The van der Waals surface area contributed by atoms with Crippen molar-refractivity contribution in [3.05, 3.63) is 46.7 Å². The van der Waals surface area contributed by atoms with Gasteiger partial charge < -0.3 is 9.67 Å². The summed E-state index contributed by atoms with van der Waals surface area (Å²) in [6.45, 7) is 2.86. The van der Waals surface area contributed by atoms with E-state index in [4.69, 9.17) is 16.7 Å². The third-order valence-electron chi connectivity index (χ3n) is 3.13. The van der Waals surface area contributed by atoms with Crippen LogP contribution in [-0.2, 0) is 24.2 Å². The van der Waals surface area contributed by atoms with Gasteiger partial charge in [-0.1, -0.05) is 42.4 Å². The zero-order chi connectivity index (χ0) is 15.2. The van der Waals surface area contributed by atoms with Crippen LogP contribution in [0.15, 0.2) is 35.6 Å². The van der Waals surface area contributed by atoms with Gasteiger partial charge in [0.1, 0.15) is 0 Å². The molecule has 112 valence electrons. The molecular weight excluding hydrogens is 308 g/mol. The number of carbonyl (C=O) groups is 1. The minimum atomic E-state index is -0.828. The monoisotopic (exact) mass is 324 g/mol. The maximum Gasteiger partial charge on any atom is 0.313 e. The van der Waals surface area contributed by atoms with Gasteiger partial charge in [-0.15, -0.1) is 0 Å². The van der Waals surface area contributed by atoms with Gasteiger partial charge in [-0.05, 0) is 30.5 Å².